The Morgan fingerprint density at radius 1 is 0.600 bits per heavy atom. The number of thiocarbonyl (C=S) groups is 2. The summed E-state index contributed by atoms with van der Waals surface area (Å²) >= 11 is 21.3. The fourth-order valence-electron chi connectivity index (χ4n) is 1.87. The Morgan fingerprint density at radius 2 is 0.933 bits per heavy atom. The zero-order valence-corrected chi connectivity index (χ0v) is 18.1. The van der Waals surface area contributed by atoms with Gasteiger partial charge >= 0.3 is 6.03 Å². The van der Waals surface area contributed by atoms with E-state index in [0.29, 0.717) is 21.2 Å². The molecular formula is C17H14Cl2N6O3S2. The minimum atomic E-state index is -0.791. The molecule has 0 heterocycles. The van der Waals surface area contributed by atoms with Crippen molar-refractivity contribution in [1.82, 2.24) is 32.3 Å². The van der Waals surface area contributed by atoms with Gasteiger partial charge in [-0.2, -0.15) is 0 Å². The molecule has 9 nitrogen and oxygen atoms in total. The van der Waals surface area contributed by atoms with Crippen LogP contribution in [0.3, 0.4) is 0 Å². The molecule has 2 rings (SSSR count). The number of nitrogens with one attached hydrogen (secondary N) is 6. The standard InChI is InChI=1S/C17H14Cl2N6O3S2/c18-11-5-1-9(2-6-11)13(26)20-16(29)24-22-15(28)23-25-17(30)21-14(27)10-3-7-12(19)8-4-10/h1-8H,(H2,22,23,28)(H2,20,24,26,29)(H2,21,25,27,30). The van der Waals surface area contributed by atoms with E-state index in [1.54, 1.807) is 24.3 Å². The van der Waals surface area contributed by atoms with Crippen LogP contribution in [-0.2, 0) is 0 Å². The largest absolute Gasteiger partial charge is 0.352 e. The molecule has 0 fully saturated rings. The summed E-state index contributed by atoms with van der Waals surface area (Å²) in [5, 5.41) is 5.41. The Hall–Kier alpha value is -2.99. The van der Waals surface area contributed by atoms with E-state index < -0.39 is 17.8 Å². The molecule has 2 aromatic rings. The van der Waals surface area contributed by atoms with Crippen LogP contribution >= 0.6 is 47.6 Å². The lowest BCUT2D eigenvalue weighted by Gasteiger charge is -2.13. The highest BCUT2D eigenvalue weighted by molar-refractivity contribution is 7.80. The van der Waals surface area contributed by atoms with Crippen molar-refractivity contribution in [2.45, 2.75) is 0 Å². The zero-order chi connectivity index (χ0) is 22.1. The third-order valence-electron chi connectivity index (χ3n) is 3.25. The Bertz CT molecular complexity index is 893. The van der Waals surface area contributed by atoms with Gasteiger partial charge in [0.25, 0.3) is 11.8 Å². The molecule has 2 aromatic carbocycles. The summed E-state index contributed by atoms with van der Waals surface area (Å²) in [5.74, 6) is -0.980. The highest BCUT2D eigenvalue weighted by atomic mass is 35.5. The molecule has 156 valence electrons. The number of hydrogen-bond acceptors (Lipinski definition) is 5. The maximum atomic E-state index is 12.0. The average molecular weight is 485 g/mol. The van der Waals surface area contributed by atoms with Crippen molar-refractivity contribution in [3.8, 4) is 0 Å². The zero-order valence-electron chi connectivity index (χ0n) is 14.9. The van der Waals surface area contributed by atoms with Crippen molar-refractivity contribution >= 4 is 75.7 Å². The van der Waals surface area contributed by atoms with Crippen LogP contribution in [0.1, 0.15) is 20.7 Å². The summed E-state index contributed by atoms with van der Waals surface area (Å²) in [6, 6.07) is 11.5. The van der Waals surface area contributed by atoms with Crippen LogP contribution in [0.25, 0.3) is 0 Å². The first-order valence-electron chi connectivity index (χ1n) is 8.04. The van der Waals surface area contributed by atoms with Crippen molar-refractivity contribution in [1.29, 1.82) is 0 Å². The van der Waals surface area contributed by atoms with Gasteiger partial charge < -0.3 is 0 Å². The van der Waals surface area contributed by atoms with Gasteiger partial charge in [-0.05, 0) is 73.0 Å². The molecule has 0 aliphatic heterocycles. The van der Waals surface area contributed by atoms with Crippen LogP contribution < -0.4 is 32.3 Å². The quantitative estimate of drug-likeness (QED) is 0.284. The maximum Gasteiger partial charge on any atom is 0.352 e. The molecule has 0 bridgehead atoms. The lowest BCUT2D eigenvalue weighted by molar-refractivity contribution is 0.0968. The predicted molar refractivity (Wildman–Crippen MR) is 121 cm³/mol. The first kappa shape index (κ1) is 23.3. The molecule has 0 atom stereocenters. The second kappa shape index (κ2) is 11.3. The molecule has 13 heteroatoms. The SMILES string of the molecule is O=C(NNC(=S)NC(=O)c1ccc(Cl)cc1)NNC(=S)NC(=O)c1ccc(Cl)cc1. The van der Waals surface area contributed by atoms with Crippen molar-refractivity contribution in [2.75, 3.05) is 0 Å². The number of carbonyl (C=O) groups is 3. The van der Waals surface area contributed by atoms with E-state index in [2.05, 4.69) is 32.3 Å². The van der Waals surface area contributed by atoms with Crippen LogP contribution in [-0.4, -0.2) is 28.1 Å². The number of halogens is 2. The van der Waals surface area contributed by atoms with Gasteiger partial charge in [-0.25, -0.2) is 15.6 Å². The van der Waals surface area contributed by atoms with Crippen LogP contribution in [0.4, 0.5) is 4.79 Å². The topological polar surface area (TPSA) is 123 Å². The van der Waals surface area contributed by atoms with Gasteiger partial charge in [0.2, 0.25) is 0 Å². The highest BCUT2D eigenvalue weighted by Crippen LogP contribution is 2.10. The molecule has 0 aliphatic rings. The van der Waals surface area contributed by atoms with Gasteiger partial charge in [0, 0.05) is 21.2 Å². The molecule has 0 unspecified atom stereocenters. The summed E-state index contributed by atoms with van der Waals surface area (Å²) in [7, 11) is 0. The summed E-state index contributed by atoms with van der Waals surface area (Å²) in [6.07, 6.45) is 0. The van der Waals surface area contributed by atoms with Gasteiger partial charge in [-0.1, -0.05) is 23.2 Å². The Kier molecular flexibility index (Phi) is 8.74. The number of hydrazine groups is 2. The minimum Gasteiger partial charge on any atom is -0.298 e. The van der Waals surface area contributed by atoms with Crippen LogP contribution in [0.2, 0.25) is 10.0 Å². The van der Waals surface area contributed by atoms with Gasteiger partial charge in [0.05, 0.1) is 0 Å². The predicted octanol–water partition coefficient (Wildman–Crippen LogP) is 2.03. The number of amides is 4. The molecular weight excluding hydrogens is 471 g/mol. The van der Waals surface area contributed by atoms with E-state index in [-0.39, 0.29) is 10.2 Å². The van der Waals surface area contributed by atoms with E-state index in [0.717, 1.165) is 0 Å². The van der Waals surface area contributed by atoms with E-state index >= 15 is 0 Å². The van der Waals surface area contributed by atoms with Gasteiger partial charge in [-0.15, -0.1) is 0 Å². The average Bonchev–Trinajstić information content (AvgIpc) is 2.71. The third-order valence-corrected chi connectivity index (χ3v) is 4.16. The van der Waals surface area contributed by atoms with E-state index in [9.17, 15) is 14.4 Å². The molecule has 0 spiro atoms. The normalized spacial score (nSPS) is 9.67. The van der Waals surface area contributed by atoms with Crippen molar-refractivity contribution in [2.24, 2.45) is 0 Å². The Morgan fingerprint density at radius 3 is 1.27 bits per heavy atom. The monoisotopic (exact) mass is 484 g/mol. The minimum absolute atomic E-state index is 0.149. The van der Waals surface area contributed by atoms with Crippen molar-refractivity contribution < 1.29 is 14.4 Å². The fraction of sp³-hybridized carbons (Fsp3) is 0. The molecule has 30 heavy (non-hydrogen) atoms. The first-order valence-corrected chi connectivity index (χ1v) is 9.61. The lowest BCUT2D eigenvalue weighted by Crippen LogP contribution is -2.56. The van der Waals surface area contributed by atoms with Gasteiger partial charge in [0.1, 0.15) is 0 Å². The number of carbonyl (C=O) groups excluding carboxylic acids is 3. The first-order chi connectivity index (χ1) is 14.2. The molecule has 0 saturated heterocycles. The molecule has 0 saturated carbocycles. The molecule has 6 N–H and O–H groups in total. The molecule has 0 radical (unpaired) electrons. The van der Waals surface area contributed by atoms with Crippen molar-refractivity contribution in [3.63, 3.8) is 0 Å². The number of urea groups is 1. The molecule has 0 aromatic heterocycles. The summed E-state index contributed by atoms with van der Waals surface area (Å²) in [5.41, 5.74) is 9.63. The number of benzene rings is 2. The Balaban J connectivity index is 1.68. The lowest BCUT2D eigenvalue weighted by atomic mass is 10.2. The molecule has 0 aliphatic carbocycles. The van der Waals surface area contributed by atoms with Gasteiger partial charge in [0.15, 0.2) is 10.2 Å². The highest BCUT2D eigenvalue weighted by Gasteiger charge is 2.10. The maximum absolute atomic E-state index is 12.0. The second-order valence-electron chi connectivity index (χ2n) is 5.41. The number of hydrogen-bond donors (Lipinski definition) is 6. The summed E-state index contributed by atoms with van der Waals surface area (Å²) < 4.78 is 0. The second-order valence-corrected chi connectivity index (χ2v) is 7.10. The third kappa shape index (κ3) is 7.79. The van der Waals surface area contributed by atoms with E-state index in [1.807, 2.05) is 0 Å². The van der Waals surface area contributed by atoms with E-state index in [1.165, 1.54) is 24.3 Å². The van der Waals surface area contributed by atoms with Crippen LogP contribution in [0, 0.1) is 0 Å². The smallest absolute Gasteiger partial charge is 0.298 e. The van der Waals surface area contributed by atoms with Gasteiger partial charge in [-0.3, -0.25) is 31.1 Å². The Labute approximate surface area is 191 Å². The fourth-order valence-corrected chi connectivity index (χ4v) is 2.41. The summed E-state index contributed by atoms with van der Waals surface area (Å²) in [6.45, 7) is 0. The van der Waals surface area contributed by atoms with Crippen LogP contribution in [0.15, 0.2) is 48.5 Å². The number of rotatable bonds is 2. The van der Waals surface area contributed by atoms with Crippen molar-refractivity contribution in [3.05, 3.63) is 69.7 Å². The van der Waals surface area contributed by atoms with Crippen LogP contribution in [0.5, 0.6) is 0 Å². The van der Waals surface area contributed by atoms with E-state index in [4.69, 9.17) is 47.6 Å². The molecule has 4 amide bonds. The summed E-state index contributed by atoms with van der Waals surface area (Å²) in [4.78, 5) is 35.7.